The Balaban J connectivity index is 2.28. The highest BCUT2D eigenvalue weighted by molar-refractivity contribution is 8.14. The van der Waals surface area contributed by atoms with Crippen LogP contribution in [-0.2, 0) is 4.79 Å². The zero-order valence-electron chi connectivity index (χ0n) is 10.4. The maximum atomic E-state index is 11.9. The molecule has 1 N–H and O–H groups in total. The zero-order chi connectivity index (χ0) is 13.8. The van der Waals surface area contributed by atoms with E-state index < -0.39 is 5.97 Å². The largest absolute Gasteiger partial charge is 0.481 e. The number of amides is 1. The molecule has 0 aliphatic carbocycles. The first-order chi connectivity index (χ1) is 9.09. The molecule has 0 radical (unpaired) electrons. The molecule has 0 spiro atoms. The Bertz CT molecular complexity index is 622. The number of carboxylic acids is 1. The number of carboxylic acid groups (broad SMARTS) is 1. The molecule has 0 unspecified atom stereocenters. The number of benzene rings is 2. The van der Waals surface area contributed by atoms with E-state index in [1.807, 2.05) is 42.5 Å². The Morgan fingerprint density at radius 1 is 1.16 bits per heavy atom. The van der Waals surface area contributed by atoms with Gasteiger partial charge in [-0.05, 0) is 11.5 Å². The minimum Gasteiger partial charge on any atom is -0.481 e. The van der Waals surface area contributed by atoms with Crippen LogP contribution in [0.4, 0.5) is 10.5 Å². The lowest BCUT2D eigenvalue weighted by atomic mass is 10.1. The van der Waals surface area contributed by atoms with Crippen LogP contribution in [0, 0.1) is 0 Å². The van der Waals surface area contributed by atoms with Gasteiger partial charge in [0.15, 0.2) is 0 Å². The predicted molar refractivity (Wildman–Crippen MR) is 77.8 cm³/mol. The predicted octanol–water partition coefficient (Wildman–Crippen LogP) is 3.21. The minimum absolute atomic E-state index is 0.228. The fourth-order valence-corrected chi connectivity index (χ4v) is 2.36. The fraction of sp³-hybridized carbons (Fsp3) is 0.143. The highest BCUT2D eigenvalue weighted by atomic mass is 32.2. The molecule has 19 heavy (non-hydrogen) atoms. The van der Waals surface area contributed by atoms with Gasteiger partial charge in [0.2, 0.25) is 0 Å². The summed E-state index contributed by atoms with van der Waals surface area (Å²) in [6.07, 6.45) is 0. The lowest BCUT2D eigenvalue weighted by Crippen LogP contribution is -2.23. The van der Waals surface area contributed by atoms with Gasteiger partial charge in [-0.1, -0.05) is 48.2 Å². The lowest BCUT2D eigenvalue weighted by Gasteiger charge is -2.18. The summed E-state index contributed by atoms with van der Waals surface area (Å²) in [6, 6.07) is 13.5. The Hall–Kier alpha value is -2.01. The van der Waals surface area contributed by atoms with Crippen molar-refractivity contribution in [1.29, 1.82) is 0 Å². The molecule has 0 aliphatic heterocycles. The summed E-state index contributed by atoms with van der Waals surface area (Å²) in [7, 11) is 1.65. The van der Waals surface area contributed by atoms with E-state index in [4.69, 9.17) is 5.11 Å². The molecule has 0 aliphatic rings. The van der Waals surface area contributed by atoms with E-state index in [2.05, 4.69) is 0 Å². The average Bonchev–Trinajstić information content (AvgIpc) is 2.43. The van der Waals surface area contributed by atoms with E-state index in [0.29, 0.717) is 0 Å². The first-order valence-electron chi connectivity index (χ1n) is 5.69. The second-order valence-electron chi connectivity index (χ2n) is 4.01. The molecule has 0 saturated carbocycles. The van der Waals surface area contributed by atoms with Crippen LogP contribution in [0.15, 0.2) is 42.5 Å². The van der Waals surface area contributed by atoms with Gasteiger partial charge in [-0.3, -0.25) is 9.59 Å². The van der Waals surface area contributed by atoms with Crippen molar-refractivity contribution in [2.24, 2.45) is 0 Å². The van der Waals surface area contributed by atoms with E-state index in [-0.39, 0.29) is 11.0 Å². The fourth-order valence-electron chi connectivity index (χ4n) is 1.82. The van der Waals surface area contributed by atoms with Gasteiger partial charge in [-0.25, -0.2) is 0 Å². The summed E-state index contributed by atoms with van der Waals surface area (Å²) in [5.74, 6) is -1.22. The topological polar surface area (TPSA) is 57.6 Å². The molecule has 0 heterocycles. The third kappa shape index (κ3) is 3.06. The third-order valence-electron chi connectivity index (χ3n) is 2.72. The first kappa shape index (κ1) is 13.4. The molecule has 0 fully saturated rings. The number of thioether (sulfide) groups is 1. The summed E-state index contributed by atoms with van der Waals surface area (Å²) in [6.45, 7) is 0. The number of anilines is 1. The van der Waals surface area contributed by atoms with Crippen LogP contribution >= 0.6 is 11.8 Å². The Labute approximate surface area is 115 Å². The van der Waals surface area contributed by atoms with Gasteiger partial charge in [0.05, 0.1) is 5.69 Å². The molecule has 2 aromatic carbocycles. The van der Waals surface area contributed by atoms with Gasteiger partial charge >= 0.3 is 5.97 Å². The van der Waals surface area contributed by atoms with Crippen LogP contribution < -0.4 is 4.90 Å². The normalized spacial score (nSPS) is 10.4. The van der Waals surface area contributed by atoms with Crippen molar-refractivity contribution in [3.05, 3.63) is 42.5 Å². The summed E-state index contributed by atoms with van der Waals surface area (Å²) >= 11 is 0.783. The molecule has 2 rings (SSSR count). The second kappa shape index (κ2) is 5.75. The molecular formula is C14H13NO3S. The minimum atomic E-state index is -0.996. The molecule has 0 saturated heterocycles. The number of carbonyl (C=O) groups is 2. The summed E-state index contributed by atoms with van der Waals surface area (Å²) < 4.78 is 0. The Morgan fingerprint density at radius 2 is 1.84 bits per heavy atom. The standard InChI is InChI=1S/C14H13NO3S/c1-15(14(18)19-9-13(16)17)12-8-4-6-10-5-2-3-7-11(10)12/h2-8H,9H2,1H3,(H,16,17). The highest BCUT2D eigenvalue weighted by Gasteiger charge is 2.15. The van der Waals surface area contributed by atoms with E-state index in [1.165, 1.54) is 4.90 Å². The van der Waals surface area contributed by atoms with E-state index in [0.717, 1.165) is 28.2 Å². The number of hydrogen-bond acceptors (Lipinski definition) is 3. The van der Waals surface area contributed by atoms with Crippen molar-refractivity contribution in [1.82, 2.24) is 0 Å². The van der Waals surface area contributed by atoms with Gasteiger partial charge in [-0.2, -0.15) is 0 Å². The van der Waals surface area contributed by atoms with E-state index >= 15 is 0 Å². The second-order valence-corrected chi connectivity index (χ2v) is 4.93. The molecule has 98 valence electrons. The van der Waals surface area contributed by atoms with Gasteiger partial charge < -0.3 is 10.0 Å². The quantitative estimate of drug-likeness (QED) is 0.934. The lowest BCUT2D eigenvalue weighted by molar-refractivity contribution is -0.133. The molecule has 0 bridgehead atoms. The smallest absolute Gasteiger partial charge is 0.314 e. The van der Waals surface area contributed by atoms with Crippen LogP contribution in [0.25, 0.3) is 10.8 Å². The Morgan fingerprint density at radius 3 is 2.58 bits per heavy atom. The van der Waals surface area contributed by atoms with Crippen molar-refractivity contribution in [2.75, 3.05) is 17.7 Å². The number of fused-ring (bicyclic) bond motifs is 1. The van der Waals surface area contributed by atoms with Gasteiger partial charge in [0.25, 0.3) is 5.24 Å². The molecular weight excluding hydrogens is 262 g/mol. The molecule has 5 heteroatoms. The maximum Gasteiger partial charge on any atom is 0.314 e. The SMILES string of the molecule is CN(C(=O)SCC(=O)O)c1cccc2ccccc12. The van der Waals surface area contributed by atoms with Crippen molar-refractivity contribution >= 4 is 39.4 Å². The molecule has 0 atom stereocenters. The summed E-state index contributed by atoms with van der Waals surface area (Å²) in [5, 5.41) is 10.3. The van der Waals surface area contributed by atoms with Crippen molar-refractivity contribution in [3.63, 3.8) is 0 Å². The van der Waals surface area contributed by atoms with Gasteiger partial charge in [0.1, 0.15) is 5.75 Å². The van der Waals surface area contributed by atoms with Gasteiger partial charge in [-0.15, -0.1) is 0 Å². The molecule has 4 nitrogen and oxygen atoms in total. The molecule has 0 aromatic heterocycles. The van der Waals surface area contributed by atoms with Crippen LogP contribution in [0.1, 0.15) is 0 Å². The van der Waals surface area contributed by atoms with Crippen molar-refractivity contribution < 1.29 is 14.7 Å². The number of carbonyl (C=O) groups excluding carboxylic acids is 1. The monoisotopic (exact) mass is 275 g/mol. The van der Waals surface area contributed by atoms with Crippen LogP contribution in [0.5, 0.6) is 0 Å². The van der Waals surface area contributed by atoms with Crippen LogP contribution in [0.3, 0.4) is 0 Å². The van der Waals surface area contributed by atoms with Crippen LogP contribution in [0.2, 0.25) is 0 Å². The number of hydrogen-bond donors (Lipinski definition) is 1. The summed E-state index contributed by atoms with van der Waals surface area (Å²) in [4.78, 5) is 23.9. The number of nitrogens with zero attached hydrogens (tertiary/aromatic N) is 1. The highest BCUT2D eigenvalue weighted by Crippen LogP contribution is 2.27. The molecule has 1 amide bonds. The van der Waals surface area contributed by atoms with E-state index in [9.17, 15) is 9.59 Å². The van der Waals surface area contributed by atoms with Crippen molar-refractivity contribution in [2.45, 2.75) is 0 Å². The zero-order valence-corrected chi connectivity index (χ0v) is 11.2. The number of aliphatic carboxylic acids is 1. The van der Waals surface area contributed by atoms with Gasteiger partial charge in [0, 0.05) is 12.4 Å². The number of rotatable bonds is 3. The first-order valence-corrected chi connectivity index (χ1v) is 6.68. The maximum absolute atomic E-state index is 11.9. The average molecular weight is 275 g/mol. The summed E-state index contributed by atoms with van der Waals surface area (Å²) in [5.41, 5.74) is 0.779. The third-order valence-corrected chi connectivity index (χ3v) is 3.63. The van der Waals surface area contributed by atoms with Crippen molar-refractivity contribution in [3.8, 4) is 0 Å². The van der Waals surface area contributed by atoms with E-state index in [1.54, 1.807) is 7.05 Å². The van der Waals surface area contributed by atoms with Crippen LogP contribution in [-0.4, -0.2) is 29.1 Å². The molecule has 2 aromatic rings. The Kier molecular flexibility index (Phi) is 4.06.